The maximum atomic E-state index is 12.2. The van der Waals surface area contributed by atoms with Gasteiger partial charge in [-0.15, -0.1) is 10.2 Å². The molecule has 3 aromatic rings. The number of aldehydes is 1. The van der Waals surface area contributed by atoms with Crippen LogP contribution in [0.2, 0.25) is 0 Å². The first-order valence-electron chi connectivity index (χ1n) is 11.9. The summed E-state index contributed by atoms with van der Waals surface area (Å²) in [4.78, 5) is 10.7. The van der Waals surface area contributed by atoms with Crippen molar-refractivity contribution in [1.29, 1.82) is 5.26 Å². The molecule has 0 radical (unpaired) electrons. The Hall–Kier alpha value is -3.17. The fraction of sp³-hybridized carbons (Fsp3) is 0.385. The predicted molar refractivity (Wildman–Crippen MR) is 145 cm³/mol. The van der Waals surface area contributed by atoms with E-state index in [9.17, 15) is 18.5 Å². The van der Waals surface area contributed by atoms with Crippen LogP contribution in [-0.4, -0.2) is 50.9 Å². The molecule has 1 aromatic heterocycles. The minimum atomic E-state index is -3.68. The van der Waals surface area contributed by atoms with Crippen LogP contribution in [-0.2, 0) is 21.2 Å². The van der Waals surface area contributed by atoms with Gasteiger partial charge in [0.05, 0.1) is 11.7 Å². The molecule has 196 valence electrons. The van der Waals surface area contributed by atoms with E-state index in [0.29, 0.717) is 29.0 Å². The molecule has 0 fully saturated rings. The van der Waals surface area contributed by atoms with Crippen LogP contribution in [0.4, 0.5) is 0 Å². The monoisotopic (exact) mass is 541 g/mol. The Bertz CT molecular complexity index is 1380. The molecule has 0 amide bonds. The van der Waals surface area contributed by atoms with Gasteiger partial charge in [-0.2, -0.15) is 5.26 Å². The highest BCUT2D eigenvalue weighted by Gasteiger charge is 2.27. The lowest BCUT2D eigenvalue weighted by atomic mass is 9.85. The van der Waals surface area contributed by atoms with Crippen molar-refractivity contribution in [3.63, 3.8) is 0 Å². The standard InChI is InChI=1S/C24H24N4O4S2.C2H7N/c1-15(2)32-22-10-9-16(13-17(22)14-25)23-26-27-24(33-23)20-7-3-6-19-18(20)5-4-8-21(19)28-34(30,31)12-11-29;1-3-2/h3,6-7,9-11,13,15,21,28H,4-5,8,12H2,1-2H3;3H,1-2H3. The number of nitrogens with one attached hydrogen (secondary N) is 2. The Morgan fingerprint density at radius 1 is 1.22 bits per heavy atom. The van der Waals surface area contributed by atoms with E-state index in [1.165, 1.54) is 11.3 Å². The second-order valence-corrected chi connectivity index (χ2v) is 11.6. The first-order valence-corrected chi connectivity index (χ1v) is 14.4. The molecule has 1 aliphatic carbocycles. The summed E-state index contributed by atoms with van der Waals surface area (Å²) < 4.78 is 32.7. The molecule has 4 rings (SSSR count). The van der Waals surface area contributed by atoms with Crippen LogP contribution >= 0.6 is 11.3 Å². The van der Waals surface area contributed by atoms with Crippen LogP contribution in [0.5, 0.6) is 5.75 Å². The summed E-state index contributed by atoms with van der Waals surface area (Å²) in [5, 5.41) is 22.4. The fourth-order valence-electron chi connectivity index (χ4n) is 4.08. The Morgan fingerprint density at radius 2 is 1.95 bits per heavy atom. The lowest BCUT2D eigenvalue weighted by Gasteiger charge is -2.27. The summed E-state index contributed by atoms with van der Waals surface area (Å²) in [6, 6.07) is 12.9. The molecule has 0 saturated heterocycles. The van der Waals surface area contributed by atoms with Crippen molar-refractivity contribution in [1.82, 2.24) is 20.2 Å². The lowest BCUT2D eigenvalue weighted by Crippen LogP contribution is -2.33. The van der Waals surface area contributed by atoms with Crippen molar-refractivity contribution in [2.75, 3.05) is 19.8 Å². The van der Waals surface area contributed by atoms with E-state index in [1.54, 1.807) is 12.1 Å². The number of nitriles is 1. The van der Waals surface area contributed by atoms with Gasteiger partial charge in [-0.25, -0.2) is 13.1 Å². The molecule has 0 aliphatic heterocycles. The quantitative estimate of drug-likeness (QED) is 0.411. The fourth-order valence-corrected chi connectivity index (χ4v) is 5.93. The second-order valence-electron chi connectivity index (χ2n) is 8.79. The minimum absolute atomic E-state index is 0.0397. The van der Waals surface area contributed by atoms with Crippen molar-refractivity contribution in [2.24, 2.45) is 0 Å². The zero-order chi connectivity index (χ0) is 27.0. The Morgan fingerprint density at radius 3 is 2.62 bits per heavy atom. The van der Waals surface area contributed by atoms with Crippen molar-refractivity contribution < 1.29 is 17.9 Å². The third-order valence-electron chi connectivity index (χ3n) is 5.48. The van der Waals surface area contributed by atoms with Crippen LogP contribution in [0, 0.1) is 11.3 Å². The zero-order valence-electron chi connectivity index (χ0n) is 21.3. The number of carbonyl (C=O) groups is 1. The normalized spacial score (nSPS) is 14.8. The number of aromatic nitrogens is 2. The summed E-state index contributed by atoms with van der Waals surface area (Å²) in [6.45, 7) is 3.81. The Labute approximate surface area is 222 Å². The number of hydrogen-bond acceptors (Lipinski definition) is 9. The molecule has 1 heterocycles. The molecule has 1 unspecified atom stereocenters. The minimum Gasteiger partial charge on any atom is -0.490 e. The van der Waals surface area contributed by atoms with E-state index in [0.717, 1.165) is 40.1 Å². The molecule has 1 atom stereocenters. The largest absolute Gasteiger partial charge is 0.490 e. The SMILES string of the molecule is CC(C)Oc1ccc(-c2nnc(-c3cccc4c3CCCC4NS(=O)(=O)CC=O)s2)cc1C#N.CNC. The highest BCUT2D eigenvalue weighted by molar-refractivity contribution is 7.90. The van der Waals surface area contributed by atoms with E-state index in [-0.39, 0.29) is 12.1 Å². The first-order chi connectivity index (χ1) is 17.7. The number of sulfonamides is 1. The maximum absolute atomic E-state index is 12.2. The van der Waals surface area contributed by atoms with E-state index >= 15 is 0 Å². The number of benzene rings is 2. The molecule has 0 saturated carbocycles. The summed E-state index contributed by atoms with van der Waals surface area (Å²) >= 11 is 1.42. The summed E-state index contributed by atoms with van der Waals surface area (Å²) in [5.41, 5.74) is 4.07. The van der Waals surface area contributed by atoms with Crippen LogP contribution in [0.25, 0.3) is 21.1 Å². The van der Waals surface area contributed by atoms with Crippen LogP contribution in [0.15, 0.2) is 36.4 Å². The molecule has 0 spiro atoms. The van der Waals surface area contributed by atoms with Gasteiger partial charge in [0.1, 0.15) is 33.9 Å². The van der Waals surface area contributed by atoms with Crippen molar-refractivity contribution in [3.8, 4) is 33.0 Å². The number of hydrogen-bond donors (Lipinski definition) is 2. The van der Waals surface area contributed by atoms with Crippen molar-refractivity contribution >= 4 is 27.6 Å². The van der Waals surface area contributed by atoms with Crippen LogP contribution in [0.3, 0.4) is 0 Å². The van der Waals surface area contributed by atoms with Gasteiger partial charge >= 0.3 is 0 Å². The third-order valence-corrected chi connectivity index (χ3v) is 7.71. The summed E-state index contributed by atoms with van der Waals surface area (Å²) in [6.07, 6.45) is 2.63. The number of ether oxygens (including phenoxy) is 1. The molecule has 37 heavy (non-hydrogen) atoms. The van der Waals surface area contributed by atoms with Gasteiger partial charge in [-0.1, -0.05) is 29.5 Å². The van der Waals surface area contributed by atoms with Gasteiger partial charge < -0.3 is 14.8 Å². The van der Waals surface area contributed by atoms with Gasteiger partial charge in [-0.3, -0.25) is 0 Å². The number of fused-ring (bicyclic) bond motifs is 1. The molecule has 0 bridgehead atoms. The summed E-state index contributed by atoms with van der Waals surface area (Å²) in [7, 11) is 0.0687. The Kier molecular flexibility index (Phi) is 9.88. The third kappa shape index (κ3) is 7.20. The van der Waals surface area contributed by atoms with E-state index in [1.807, 2.05) is 52.2 Å². The van der Waals surface area contributed by atoms with Crippen LogP contribution in [0.1, 0.15) is 49.4 Å². The maximum Gasteiger partial charge on any atom is 0.219 e. The molecule has 2 N–H and O–H groups in total. The predicted octanol–water partition coefficient (Wildman–Crippen LogP) is 3.86. The molecule has 9 nitrogen and oxygen atoms in total. The van der Waals surface area contributed by atoms with Crippen molar-refractivity contribution in [3.05, 3.63) is 53.1 Å². The number of nitrogens with zero attached hydrogens (tertiary/aromatic N) is 3. The topological polar surface area (TPSA) is 134 Å². The summed E-state index contributed by atoms with van der Waals surface area (Å²) in [5.74, 6) is -0.0181. The van der Waals surface area contributed by atoms with Gasteiger partial charge in [-0.05, 0) is 76.5 Å². The molecule has 2 aromatic carbocycles. The zero-order valence-corrected chi connectivity index (χ0v) is 22.9. The number of carbonyl (C=O) groups excluding carboxylic acids is 1. The van der Waals surface area contributed by atoms with Gasteiger partial charge in [0.25, 0.3) is 0 Å². The van der Waals surface area contributed by atoms with Gasteiger partial charge in [0.2, 0.25) is 10.0 Å². The average molecular weight is 542 g/mol. The molecular weight excluding hydrogens is 510 g/mol. The van der Waals surface area contributed by atoms with Gasteiger partial charge in [0, 0.05) is 17.2 Å². The highest BCUT2D eigenvalue weighted by Crippen LogP contribution is 2.39. The van der Waals surface area contributed by atoms with E-state index in [4.69, 9.17) is 4.74 Å². The lowest BCUT2D eigenvalue weighted by molar-refractivity contribution is -0.105. The first kappa shape index (κ1) is 28.4. The molecule has 11 heteroatoms. The van der Waals surface area contributed by atoms with E-state index < -0.39 is 15.8 Å². The highest BCUT2D eigenvalue weighted by atomic mass is 32.2. The van der Waals surface area contributed by atoms with E-state index in [2.05, 4.69) is 26.3 Å². The molecule has 1 aliphatic rings. The van der Waals surface area contributed by atoms with Gasteiger partial charge in [0.15, 0.2) is 0 Å². The van der Waals surface area contributed by atoms with Crippen molar-refractivity contribution in [2.45, 2.75) is 45.3 Å². The smallest absolute Gasteiger partial charge is 0.219 e. The average Bonchev–Trinajstić information content (AvgIpc) is 3.34. The Balaban J connectivity index is 0.00000121. The molecular formula is C26H31N5O4S2. The number of rotatable bonds is 8. The van der Waals surface area contributed by atoms with Crippen LogP contribution < -0.4 is 14.8 Å². The second kappa shape index (κ2) is 12.9.